The first kappa shape index (κ1) is 12.0. The fourth-order valence-electron chi connectivity index (χ4n) is 2.21. The molecule has 0 amide bonds. The molecular weight excluding hydrogens is 192 g/mol. The summed E-state index contributed by atoms with van der Waals surface area (Å²) in [7, 11) is 0. The lowest BCUT2D eigenvalue weighted by atomic mass is 9.54. The Morgan fingerprint density at radius 1 is 1.33 bits per heavy atom. The fourth-order valence-corrected chi connectivity index (χ4v) is 2.21. The average molecular weight is 210 g/mol. The van der Waals surface area contributed by atoms with Gasteiger partial charge < -0.3 is 4.74 Å². The second-order valence-electron chi connectivity index (χ2n) is 4.76. The Hall–Kier alpha value is -1.12. The summed E-state index contributed by atoms with van der Waals surface area (Å²) in [5, 5.41) is 0. The van der Waals surface area contributed by atoms with E-state index in [0.717, 1.165) is 6.42 Å². The van der Waals surface area contributed by atoms with E-state index in [9.17, 15) is 9.59 Å². The summed E-state index contributed by atoms with van der Waals surface area (Å²) in [6, 6.07) is 0. The van der Waals surface area contributed by atoms with Crippen molar-refractivity contribution in [1.82, 2.24) is 0 Å². The van der Waals surface area contributed by atoms with Gasteiger partial charge in [0, 0.05) is 12.8 Å². The highest BCUT2D eigenvalue weighted by Gasteiger charge is 2.48. The van der Waals surface area contributed by atoms with Crippen LogP contribution in [0.2, 0.25) is 0 Å². The first-order chi connectivity index (χ1) is 6.85. The van der Waals surface area contributed by atoms with Crippen LogP contribution in [0.1, 0.15) is 34.1 Å². The largest absolute Gasteiger partial charge is 0.435 e. The van der Waals surface area contributed by atoms with Crippen LogP contribution in [0, 0.1) is 17.3 Å². The Morgan fingerprint density at radius 3 is 2.33 bits per heavy atom. The summed E-state index contributed by atoms with van der Waals surface area (Å²) in [6.45, 7) is 7.16. The van der Waals surface area contributed by atoms with Crippen LogP contribution >= 0.6 is 0 Å². The molecule has 1 aliphatic rings. The van der Waals surface area contributed by atoms with Gasteiger partial charge in [0.1, 0.15) is 5.78 Å². The third-order valence-corrected chi connectivity index (χ3v) is 3.38. The molecule has 3 nitrogen and oxygen atoms in total. The quantitative estimate of drug-likeness (QED) is 0.530. The van der Waals surface area contributed by atoms with Crippen LogP contribution in [0.15, 0.2) is 12.3 Å². The molecule has 0 unspecified atom stereocenters. The fraction of sp³-hybridized carbons (Fsp3) is 0.667. The minimum atomic E-state index is -0.313. The van der Waals surface area contributed by atoms with Crippen molar-refractivity contribution >= 4 is 11.8 Å². The Labute approximate surface area is 90.5 Å². The number of carbonyl (C=O) groups is 2. The second-order valence-corrected chi connectivity index (χ2v) is 4.76. The number of ether oxygens (including phenoxy) is 1. The molecule has 1 aliphatic carbocycles. The van der Waals surface area contributed by atoms with Crippen LogP contribution in [-0.4, -0.2) is 11.8 Å². The molecule has 0 saturated heterocycles. The summed E-state index contributed by atoms with van der Waals surface area (Å²) >= 11 is 0. The van der Waals surface area contributed by atoms with Crippen molar-refractivity contribution < 1.29 is 14.3 Å². The molecule has 0 heterocycles. The topological polar surface area (TPSA) is 43.4 Å². The second kappa shape index (κ2) is 4.17. The monoisotopic (exact) mass is 210 g/mol. The van der Waals surface area contributed by atoms with Crippen molar-refractivity contribution in [2.75, 3.05) is 0 Å². The maximum atomic E-state index is 11.3. The Morgan fingerprint density at radius 2 is 1.93 bits per heavy atom. The predicted octanol–water partition coefficient (Wildman–Crippen LogP) is 2.31. The van der Waals surface area contributed by atoms with Gasteiger partial charge in [-0.2, -0.15) is 0 Å². The first-order valence-corrected chi connectivity index (χ1v) is 5.20. The summed E-state index contributed by atoms with van der Waals surface area (Å²) in [5.74, 6) is 0.402. The van der Waals surface area contributed by atoms with Crippen molar-refractivity contribution in [1.29, 1.82) is 0 Å². The van der Waals surface area contributed by atoms with Gasteiger partial charge in [-0.15, -0.1) is 0 Å². The zero-order valence-electron chi connectivity index (χ0n) is 9.74. The normalized spacial score (nSPS) is 28.5. The van der Waals surface area contributed by atoms with E-state index in [0.29, 0.717) is 5.92 Å². The first-order valence-electron chi connectivity index (χ1n) is 5.20. The Balaban J connectivity index is 2.52. The van der Waals surface area contributed by atoms with E-state index >= 15 is 0 Å². The van der Waals surface area contributed by atoms with Gasteiger partial charge in [0.25, 0.3) is 0 Å². The molecule has 0 N–H and O–H groups in total. The number of esters is 1. The molecule has 0 bridgehead atoms. The average Bonchev–Trinajstić information content (AvgIpc) is 2.08. The minimum Gasteiger partial charge on any atom is -0.435 e. The van der Waals surface area contributed by atoms with E-state index in [1.165, 1.54) is 13.2 Å². The van der Waals surface area contributed by atoms with Gasteiger partial charge >= 0.3 is 5.97 Å². The van der Waals surface area contributed by atoms with E-state index in [-0.39, 0.29) is 23.1 Å². The van der Waals surface area contributed by atoms with Crippen molar-refractivity contribution in [2.24, 2.45) is 17.3 Å². The maximum Gasteiger partial charge on any atom is 0.307 e. The van der Waals surface area contributed by atoms with Gasteiger partial charge in [0.2, 0.25) is 0 Å². The van der Waals surface area contributed by atoms with E-state index in [4.69, 9.17) is 4.74 Å². The summed E-state index contributed by atoms with van der Waals surface area (Å²) in [6.07, 6.45) is 4.17. The van der Waals surface area contributed by atoms with Gasteiger partial charge in [-0.25, -0.2) is 0 Å². The third kappa shape index (κ3) is 2.46. The molecule has 0 aromatic heterocycles. The van der Waals surface area contributed by atoms with Gasteiger partial charge in [-0.05, 0) is 30.8 Å². The van der Waals surface area contributed by atoms with Gasteiger partial charge in [-0.3, -0.25) is 9.59 Å². The number of hydrogen-bond donors (Lipinski definition) is 0. The lowest BCUT2D eigenvalue weighted by Crippen LogP contribution is -2.47. The molecule has 84 valence electrons. The van der Waals surface area contributed by atoms with Crippen LogP contribution < -0.4 is 0 Å². The molecule has 0 aromatic carbocycles. The number of hydrogen-bond acceptors (Lipinski definition) is 3. The molecule has 1 saturated carbocycles. The van der Waals surface area contributed by atoms with Crippen molar-refractivity contribution in [2.45, 2.75) is 34.1 Å². The zero-order valence-corrected chi connectivity index (χ0v) is 9.74. The van der Waals surface area contributed by atoms with Crippen molar-refractivity contribution in [3.8, 4) is 0 Å². The van der Waals surface area contributed by atoms with Gasteiger partial charge in [-0.1, -0.05) is 13.8 Å². The van der Waals surface area contributed by atoms with E-state index in [1.54, 1.807) is 6.92 Å². The SMILES string of the molecule is CC(=O)O/C=C\[C@H]1C[C@@H](C(C)=O)C1(C)C. The highest BCUT2D eigenvalue weighted by atomic mass is 16.5. The molecule has 3 heteroatoms. The van der Waals surface area contributed by atoms with Crippen LogP contribution in [0.4, 0.5) is 0 Å². The number of carbonyl (C=O) groups excluding carboxylic acids is 2. The van der Waals surface area contributed by atoms with Crippen LogP contribution in [0.3, 0.4) is 0 Å². The molecule has 0 radical (unpaired) electrons. The number of Topliss-reactive ketones (excluding diaryl/α,β-unsaturated/α-hetero) is 1. The van der Waals surface area contributed by atoms with Gasteiger partial charge in [0.15, 0.2) is 0 Å². The smallest absolute Gasteiger partial charge is 0.307 e. The van der Waals surface area contributed by atoms with Crippen molar-refractivity contribution in [3.05, 3.63) is 12.3 Å². The Kier molecular flexibility index (Phi) is 3.32. The van der Waals surface area contributed by atoms with E-state index in [2.05, 4.69) is 13.8 Å². The molecule has 2 atom stereocenters. The Bertz CT molecular complexity index is 302. The molecular formula is C12H18O3. The maximum absolute atomic E-state index is 11.3. The molecule has 15 heavy (non-hydrogen) atoms. The van der Waals surface area contributed by atoms with Gasteiger partial charge in [0.05, 0.1) is 6.26 Å². The van der Waals surface area contributed by atoms with Crippen LogP contribution in [-0.2, 0) is 14.3 Å². The van der Waals surface area contributed by atoms with Crippen LogP contribution in [0.5, 0.6) is 0 Å². The minimum absolute atomic E-state index is 0.0114. The highest BCUT2D eigenvalue weighted by Crippen LogP contribution is 2.52. The predicted molar refractivity (Wildman–Crippen MR) is 57.0 cm³/mol. The molecule has 1 fully saturated rings. The number of rotatable bonds is 3. The standard InChI is InChI=1S/C12H18O3/c1-8(13)11-7-10(12(11,3)4)5-6-15-9(2)14/h5-6,10-11H,7H2,1-4H3/b6-5-/t10-,11-/m0/s1. The van der Waals surface area contributed by atoms with E-state index in [1.807, 2.05) is 6.08 Å². The van der Waals surface area contributed by atoms with Crippen molar-refractivity contribution in [3.63, 3.8) is 0 Å². The van der Waals surface area contributed by atoms with E-state index < -0.39 is 0 Å². The number of allylic oxidation sites excluding steroid dienone is 1. The summed E-state index contributed by atoms with van der Waals surface area (Å²) in [5.41, 5.74) is -0.0114. The summed E-state index contributed by atoms with van der Waals surface area (Å²) < 4.78 is 4.73. The lowest BCUT2D eigenvalue weighted by Gasteiger charge is -2.49. The highest BCUT2D eigenvalue weighted by molar-refractivity contribution is 5.80. The molecule has 0 aromatic rings. The molecule has 0 aliphatic heterocycles. The number of ketones is 1. The third-order valence-electron chi connectivity index (χ3n) is 3.38. The summed E-state index contributed by atoms with van der Waals surface area (Å²) in [4.78, 5) is 21.8. The lowest BCUT2D eigenvalue weighted by molar-refractivity contribution is -0.136. The zero-order chi connectivity index (χ0) is 11.6. The van der Waals surface area contributed by atoms with Crippen LogP contribution in [0.25, 0.3) is 0 Å². The molecule has 0 spiro atoms. The molecule has 1 rings (SSSR count).